The van der Waals surface area contributed by atoms with Gasteiger partial charge < -0.3 is 5.32 Å². The Morgan fingerprint density at radius 3 is 2.33 bits per heavy atom. The van der Waals surface area contributed by atoms with Gasteiger partial charge in [0.1, 0.15) is 5.69 Å². The number of benzene rings is 2. The molecule has 2 aromatic carbocycles. The van der Waals surface area contributed by atoms with Crippen molar-refractivity contribution >= 4 is 33.0 Å². The van der Waals surface area contributed by atoms with Gasteiger partial charge in [-0.1, -0.05) is 23.7 Å². The number of nitro benzene ring substituents is 1. The second kappa shape index (κ2) is 7.16. The van der Waals surface area contributed by atoms with Gasteiger partial charge in [0.2, 0.25) is 10.0 Å². The minimum absolute atomic E-state index is 0.165. The molecular weight excluding hydrogens is 354 g/mol. The third-order valence-electron chi connectivity index (χ3n) is 3.49. The van der Waals surface area contributed by atoms with Crippen molar-refractivity contribution in [3.8, 4) is 0 Å². The predicted octanol–water partition coefficient (Wildman–Crippen LogP) is 3.33. The average Bonchev–Trinajstić information content (AvgIpc) is 2.55. The summed E-state index contributed by atoms with van der Waals surface area (Å²) < 4.78 is 25.7. The molecule has 2 rings (SSSR count). The summed E-state index contributed by atoms with van der Waals surface area (Å²) in [6, 6.07) is 10.6. The third-order valence-corrected chi connectivity index (χ3v) is 5.15. The number of nitro groups is 1. The van der Waals surface area contributed by atoms with Gasteiger partial charge >= 0.3 is 0 Å². The van der Waals surface area contributed by atoms with E-state index in [4.69, 9.17) is 11.6 Å². The SMILES string of the molecule is CNS(=O)(=O)c1ccc(N[C@@H](C)c2ccc(Cl)cc2)c([N+](=O)[O-])c1. The fraction of sp³-hybridized carbons (Fsp3) is 0.200. The largest absolute Gasteiger partial charge is 0.373 e. The van der Waals surface area contributed by atoms with Crippen molar-refractivity contribution in [1.29, 1.82) is 0 Å². The van der Waals surface area contributed by atoms with Crippen LogP contribution >= 0.6 is 11.6 Å². The van der Waals surface area contributed by atoms with Gasteiger partial charge in [0.25, 0.3) is 5.69 Å². The van der Waals surface area contributed by atoms with Crippen LogP contribution in [-0.4, -0.2) is 20.4 Å². The maximum Gasteiger partial charge on any atom is 0.293 e. The van der Waals surface area contributed by atoms with E-state index in [0.717, 1.165) is 11.6 Å². The zero-order valence-corrected chi connectivity index (χ0v) is 14.6. The van der Waals surface area contributed by atoms with Crippen molar-refractivity contribution in [2.24, 2.45) is 0 Å². The molecule has 0 radical (unpaired) electrons. The smallest absolute Gasteiger partial charge is 0.293 e. The molecule has 0 fully saturated rings. The lowest BCUT2D eigenvalue weighted by molar-refractivity contribution is -0.384. The zero-order valence-electron chi connectivity index (χ0n) is 13.0. The number of rotatable bonds is 6. The molecular formula is C15H16ClN3O4S. The summed E-state index contributed by atoms with van der Waals surface area (Å²) in [5, 5.41) is 14.9. The molecule has 0 spiro atoms. The van der Waals surface area contributed by atoms with E-state index in [9.17, 15) is 18.5 Å². The van der Waals surface area contributed by atoms with Crippen LogP contribution < -0.4 is 10.0 Å². The highest BCUT2D eigenvalue weighted by Crippen LogP contribution is 2.30. The number of anilines is 1. The molecule has 0 amide bonds. The van der Waals surface area contributed by atoms with Crippen LogP contribution in [0.4, 0.5) is 11.4 Å². The summed E-state index contributed by atoms with van der Waals surface area (Å²) in [4.78, 5) is 10.5. The predicted molar refractivity (Wildman–Crippen MR) is 92.8 cm³/mol. The molecule has 1 atom stereocenters. The van der Waals surface area contributed by atoms with Gasteiger partial charge in [0, 0.05) is 17.1 Å². The van der Waals surface area contributed by atoms with Crippen LogP contribution in [0.15, 0.2) is 47.4 Å². The van der Waals surface area contributed by atoms with E-state index in [-0.39, 0.29) is 22.3 Å². The lowest BCUT2D eigenvalue weighted by atomic mass is 10.1. The molecule has 2 aromatic rings. The summed E-state index contributed by atoms with van der Waals surface area (Å²) in [6.45, 7) is 1.84. The lowest BCUT2D eigenvalue weighted by Crippen LogP contribution is -2.19. The summed E-state index contributed by atoms with van der Waals surface area (Å²) in [7, 11) is -2.51. The van der Waals surface area contributed by atoms with Crippen molar-refractivity contribution < 1.29 is 13.3 Å². The van der Waals surface area contributed by atoms with Crippen LogP contribution in [0.2, 0.25) is 5.02 Å². The third kappa shape index (κ3) is 4.02. The Balaban J connectivity index is 2.36. The van der Waals surface area contributed by atoms with Gasteiger partial charge in [-0.2, -0.15) is 0 Å². The summed E-state index contributed by atoms with van der Waals surface area (Å²) in [5.74, 6) is 0. The lowest BCUT2D eigenvalue weighted by Gasteiger charge is -2.16. The van der Waals surface area contributed by atoms with Crippen LogP contribution in [0.5, 0.6) is 0 Å². The van der Waals surface area contributed by atoms with Gasteiger partial charge in [0.05, 0.1) is 9.82 Å². The quantitative estimate of drug-likeness (QED) is 0.600. The van der Waals surface area contributed by atoms with Gasteiger partial charge in [-0.05, 0) is 43.8 Å². The second-order valence-corrected chi connectivity index (χ2v) is 7.38. The monoisotopic (exact) mass is 369 g/mol. The first-order valence-electron chi connectivity index (χ1n) is 6.98. The van der Waals surface area contributed by atoms with E-state index in [1.54, 1.807) is 12.1 Å². The fourth-order valence-electron chi connectivity index (χ4n) is 2.14. The minimum atomic E-state index is -3.75. The van der Waals surface area contributed by atoms with Gasteiger partial charge in [-0.15, -0.1) is 0 Å². The molecule has 2 N–H and O–H groups in total. The van der Waals surface area contributed by atoms with Crippen molar-refractivity contribution in [2.45, 2.75) is 17.9 Å². The Morgan fingerprint density at radius 1 is 1.17 bits per heavy atom. The number of nitrogens with one attached hydrogen (secondary N) is 2. The van der Waals surface area contributed by atoms with E-state index >= 15 is 0 Å². The molecule has 0 heterocycles. The molecule has 7 nitrogen and oxygen atoms in total. The summed E-state index contributed by atoms with van der Waals surface area (Å²) >= 11 is 5.84. The first-order chi connectivity index (χ1) is 11.2. The molecule has 0 aliphatic heterocycles. The topological polar surface area (TPSA) is 101 Å². The first-order valence-corrected chi connectivity index (χ1v) is 8.84. The first kappa shape index (κ1) is 18.2. The van der Waals surface area contributed by atoms with E-state index in [0.29, 0.717) is 5.02 Å². The molecule has 0 aliphatic carbocycles. The molecule has 0 aliphatic rings. The van der Waals surface area contributed by atoms with Crippen molar-refractivity contribution in [2.75, 3.05) is 12.4 Å². The van der Waals surface area contributed by atoms with Crippen LogP contribution in [0, 0.1) is 10.1 Å². The van der Waals surface area contributed by atoms with Crippen LogP contribution in [0.1, 0.15) is 18.5 Å². The van der Waals surface area contributed by atoms with E-state index in [1.807, 2.05) is 19.1 Å². The Labute approximate surface area is 144 Å². The number of hydrogen-bond acceptors (Lipinski definition) is 5. The Bertz CT molecular complexity index is 854. The van der Waals surface area contributed by atoms with Crippen molar-refractivity contribution in [3.63, 3.8) is 0 Å². The number of halogens is 1. The number of hydrogen-bond donors (Lipinski definition) is 2. The van der Waals surface area contributed by atoms with E-state index < -0.39 is 14.9 Å². The average molecular weight is 370 g/mol. The molecule has 0 aromatic heterocycles. The normalized spacial score (nSPS) is 12.6. The van der Waals surface area contributed by atoms with Crippen LogP contribution in [0.25, 0.3) is 0 Å². The number of nitrogens with zero attached hydrogens (tertiary/aromatic N) is 1. The molecule has 9 heteroatoms. The molecule has 0 bridgehead atoms. The Hall–Kier alpha value is -2.16. The van der Waals surface area contributed by atoms with Crippen molar-refractivity contribution in [1.82, 2.24) is 4.72 Å². The zero-order chi connectivity index (χ0) is 17.9. The highest BCUT2D eigenvalue weighted by molar-refractivity contribution is 7.89. The summed E-state index contributed by atoms with van der Waals surface area (Å²) in [6.07, 6.45) is 0. The molecule has 0 unspecified atom stereocenters. The molecule has 0 saturated heterocycles. The van der Waals surface area contributed by atoms with Gasteiger partial charge in [0.15, 0.2) is 0 Å². The number of sulfonamides is 1. The molecule has 128 valence electrons. The minimum Gasteiger partial charge on any atom is -0.373 e. The Morgan fingerprint density at radius 2 is 1.79 bits per heavy atom. The fourth-order valence-corrected chi connectivity index (χ4v) is 3.01. The highest BCUT2D eigenvalue weighted by atomic mass is 35.5. The van der Waals surface area contributed by atoms with Crippen LogP contribution in [-0.2, 0) is 10.0 Å². The van der Waals surface area contributed by atoms with Gasteiger partial charge in [-0.25, -0.2) is 13.1 Å². The molecule has 24 heavy (non-hydrogen) atoms. The van der Waals surface area contributed by atoms with Crippen molar-refractivity contribution in [3.05, 3.63) is 63.2 Å². The Kier molecular flexibility index (Phi) is 5.43. The maximum absolute atomic E-state index is 11.8. The maximum atomic E-state index is 11.8. The van der Waals surface area contributed by atoms with E-state index in [2.05, 4.69) is 10.0 Å². The van der Waals surface area contributed by atoms with Crippen LogP contribution in [0.3, 0.4) is 0 Å². The van der Waals surface area contributed by atoms with Gasteiger partial charge in [-0.3, -0.25) is 10.1 Å². The summed E-state index contributed by atoms with van der Waals surface area (Å²) in [5.41, 5.74) is 0.810. The second-order valence-electron chi connectivity index (χ2n) is 5.06. The standard InChI is InChI=1S/C15H16ClN3O4S/c1-10(11-3-5-12(16)6-4-11)18-14-8-7-13(24(22,23)17-2)9-15(14)19(20)21/h3-10,17-18H,1-2H3/t10-/m0/s1. The van der Waals surface area contributed by atoms with E-state index in [1.165, 1.54) is 19.2 Å². The molecule has 0 saturated carbocycles. The highest BCUT2D eigenvalue weighted by Gasteiger charge is 2.21.